The van der Waals surface area contributed by atoms with Crippen molar-refractivity contribution in [1.29, 1.82) is 0 Å². The fourth-order valence-electron chi connectivity index (χ4n) is 2.40. The molecule has 0 N–H and O–H groups in total. The average Bonchev–Trinajstić information content (AvgIpc) is 2.62. The Kier molecular flexibility index (Phi) is 6.50. The molecule has 0 saturated heterocycles. The summed E-state index contributed by atoms with van der Waals surface area (Å²) in [7, 11) is -1.18. The number of hydrogen-bond acceptors (Lipinski definition) is 5. The molecule has 0 bridgehead atoms. The number of rotatable bonds is 8. The minimum Gasteiger partial charge on any atom is -0.493 e. The van der Waals surface area contributed by atoms with Gasteiger partial charge in [-0.25, -0.2) is 8.42 Å². The third-order valence-corrected chi connectivity index (χ3v) is 5.60. The molecule has 0 atom stereocenters. The van der Waals surface area contributed by atoms with Gasteiger partial charge in [-0.05, 0) is 36.8 Å². The Balaban J connectivity index is 2.26. The van der Waals surface area contributed by atoms with Crippen LogP contribution < -0.4 is 9.47 Å². The Morgan fingerprint density at radius 3 is 2.44 bits per heavy atom. The number of halogens is 2. The Morgan fingerprint density at radius 2 is 1.85 bits per heavy atom. The number of ketones is 1. The number of Topliss-reactive ketones (excluding diaryl/α,β-unsaturated/α-hetero) is 1. The lowest BCUT2D eigenvalue weighted by Gasteiger charge is -2.18. The molecule has 0 saturated carbocycles. The summed E-state index contributed by atoms with van der Waals surface area (Å²) in [4.78, 5) is 11.5. The van der Waals surface area contributed by atoms with E-state index < -0.39 is 16.6 Å². The van der Waals surface area contributed by atoms with Crippen LogP contribution in [0.5, 0.6) is 11.5 Å². The van der Waals surface area contributed by atoms with Gasteiger partial charge in [-0.3, -0.25) is 4.79 Å². The number of nitrogens with zero attached hydrogens (tertiary/aromatic N) is 1. The number of carbonyl (C=O) groups is 1. The minimum absolute atomic E-state index is 0.0117. The van der Waals surface area contributed by atoms with Gasteiger partial charge in [-0.1, -0.05) is 18.2 Å². The smallest absolute Gasteiger partial charge is 0.387 e. The van der Waals surface area contributed by atoms with Crippen molar-refractivity contribution >= 4 is 15.8 Å². The zero-order valence-corrected chi connectivity index (χ0v) is 15.8. The molecule has 6 nitrogen and oxygen atoms in total. The van der Waals surface area contributed by atoms with Gasteiger partial charge in [0.15, 0.2) is 17.3 Å². The molecular formula is C18H19F2NO5S. The van der Waals surface area contributed by atoms with Crippen LogP contribution in [0.25, 0.3) is 0 Å². The maximum Gasteiger partial charge on any atom is 0.387 e. The third-order valence-electron chi connectivity index (χ3n) is 3.80. The topological polar surface area (TPSA) is 72.9 Å². The first-order valence-corrected chi connectivity index (χ1v) is 9.28. The van der Waals surface area contributed by atoms with Crippen molar-refractivity contribution < 1.29 is 31.5 Å². The normalized spacial score (nSPS) is 11.7. The van der Waals surface area contributed by atoms with Crippen LogP contribution in [0.1, 0.15) is 22.8 Å². The summed E-state index contributed by atoms with van der Waals surface area (Å²) in [6.45, 7) is -1.68. The fourth-order valence-corrected chi connectivity index (χ4v) is 3.61. The number of methoxy groups -OCH3 is 1. The lowest BCUT2D eigenvalue weighted by atomic mass is 10.2. The molecular weight excluding hydrogens is 380 g/mol. The van der Waals surface area contributed by atoms with Crippen molar-refractivity contribution in [3.8, 4) is 11.5 Å². The molecule has 0 aliphatic carbocycles. The summed E-state index contributed by atoms with van der Waals surface area (Å²) in [5.41, 5.74) is 0.807. The first-order valence-electron chi connectivity index (χ1n) is 7.84. The second-order valence-corrected chi connectivity index (χ2v) is 7.75. The van der Waals surface area contributed by atoms with Gasteiger partial charge in [0.1, 0.15) is 0 Å². The van der Waals surface area contributed by atoms with Crippen LogP contribution in [0.2, 0.25) is 0 Å². The van der Waals surface area contributed by atoms with Crippen molar-refractivity contribution in [1.82, 2.24) is 4.31 Å². The number of ether oxygens (including phenoxy) is 2. The molecule has 0 unspecified atom stereocenters. The van der Waals surface area contributed by atoms with Crippen molar-refractivity contribution in [2.75, 3.05) is 14.2 Å². The number of alkyl halides is 2. The first-order chi connectivity index (χ1) is 12.6. The van der Waals surface area contributed by atoms with Gasteiger partial charge < -0.3 is 9.47 Å². The number of hydrogen-bond donors (Lipinski definition) is 0. The number of benzene rings is 2. The highest BCUT2D eigenvalue weighted by molar-refractivity contribution is 7.89. The zero-order valence-electron chi connectivity index (χ0n) is 15.0. The predicted octanol–water partition coefficient (Wildman–Crippen LogP) is 3.32. The van der Waals surface area contributed by atoms with Gasteiger partial charge in [-0.2, -0.15) is 13.1 Å². The lowest BCUT2D eigenvalue weighted by Crippen LogP contribution is -2.26. The highest BCUT2D eigenvalue weighted by atomic mass is 32.2. The van der Waals surface area contributed by atoms with E-state index in [9.17, 15) is 22.0 Å². The second-order valence-electron chi connectivity index (χ2n) is 5.71. The van der Waals surface area contributed by atoms with Gasteiger partial charge >= 0.3 is 6.61 Å². The molecule has 0 spiro atoms. The van der Waals surface area contributed by atoms with Crippen LogP contribution in [-0.4, -0.2) is 39.3 Å². The molecule has 0 aliphatic rings. The molecule has 0 radical (unpaired) electrons. The zero-order chi connectivity index (χ0) is 20.2. The van der Waals surface area contributed by atoms with Gasteiger partial charge in [0, 0.05) is 19.2 Å². The summed E-state index contributed by atoms with van der Waals surface area (Å²) in [6.07, 6.45) is 0. The van der Waals surface area contributed by atoms with E-state index in [1.165, 1.54) is 63.5 Å². The molecule has 0 aromatic heterocycles. The average molecular weight is 399 g/mol. The van der Waals surface area contributed by atoms with Crippen LogP contribution in [0, 0.1) is 0 Å². The second kappa shape index (κ2) is 8.45. The van der Waals surface area contributed by atoms with E-state index in [2.05, 4.69) is 4.74 Å². The summed E-state index contributed by atoms with van der Waals surface area (Å²) in [6, 6.07) is 9.93. The molecule has 0 aliphatic heterocycles. The summed E-state index contributed by atoms with van der Waals surface area (Å²) < 4.78 is 60.7. The Hall–Kier alpha value is -2.52. The molecule has 0 fully saturated rings. The maximum atomic E-state index is 12.7. The Labute approximate surface area is 156 Å². The van der Waals surface area contributed by atoms with Crippen LogP contribution in [0.4, 0.5) is 8.78 Å². The molecule has 2 aromatic carbocycles. The van der Waals surface area contributed by atoms with Crippen LogP contribution in [-0.2, 0) is 16.6 Å². The first kappa shape index (κ1) is 20.8. The van der Waals surface area contributed by atoms with E-state index in [0.717, 1.165) is 4.31 Å². The van der Waals surface area contributed by atoms with Gasteiger partial charge in [-0.15, -0.1) is 0 Å². The molecule has 9 heteroatoms. The van der Waals surface area contributed by atoms with E-state index in [0.29, 0.717) is 11.1 Å². The molecule has 2 rings (SSSR count). The van der Waals surface area contributed by atoms with Gasteiger partial charge in [0.25, 0.3) is 0 Å². The predicted molar refractivity (Wildman–Crippen MR) is 94.7 cm³/mol. The quantitative estimate of drug-likeness (QED) is 0.637. The minimum atomic E-state index is -3.85. The van der Waals surface area contributed by atoms with Gasteiger partial charge in [0.2, 0.25) is 10.0 Å². The standard InChI is InChI=1S/C18H19F2NO5S/c1-12(22)14-5-4-6-15(10-14)27(23,24)21(2)11-13-7-8-16(26-18(19)20)17(9-13)25-3/h4-10,18H,11H2,1-3H3. The van der Waals surface area contributed by atoms with Crippen LogP contribution in [0.15, 0.2) is 47.4 Å². The Morgan fingerprint density at radius 1 is 1.15 bits per heavy atom. The SMILES string of the molecule is COc1cc(CN(C)S(=O)(=O)c2cccc(C(C)=O)c2)ccc1OC(F)F. The van der Waals surface area contributed by atoms with Crippen LogP contribution >= 0.6 is 0 Å². The van der Waals surface area contributed by atoms with Crippen molar-refractivity contribution in [2.24, 2.45) is 0 Å². The third kappa shape index (κ3) is 5.01. The van der Waals surface area contributed by atoms with E-state index >= 15 is 0 Å². The molecule has 0 heterocycles. The monoisotopic (exact) mass is 399 g/mol. The van der Waals surface area contributed by atoms with Crippen LogP contribution in [0.3, 0.4) is 0 Å². The highest BCUT2D eigenvalue weighted by Gasteiger charge is 2.22. The van der Waals surface area contributed by atoms with Crippen molar-refractivity contribution in [3.63, 3.8) is 0 Å². The van der Waals surface area contributed by atoms with Gasteiger partial charge in [0.05, 0.1) is 12.0 Å². The molecule has 27 heavy (non-hydrogen) atoms. The van der Waals surface area contributed by atoms with Crippen molar-refractivity contribution in [2.45, 2.75) is 25.0 Å². The summed E-state index contributed by atoms with van der Waals surface area (Å²) in [5, 5.41) is 0. The summed E-state index contributed by atoms with van der Waals surface area (Å²) in [5.74, 6) is -0.317. The molecule has 0 amide bonds. The highest BCUT2D eigenvalue weighted by Crippen LogP contribution is 2.30. The molecule has 2 aromatic rings. The summed E-state index contributed by atoms with van der Waals surface area (Å²) >= 11 is 0. The van der Waals surface area contributed by atoms with Crippen molar-refractivity contribution in [3.05, 3.63) is 53.6 Å². The lowest BCUT2D eigenvalue weighted by molar-refractivity contribution is -0.0512. The van der Waals surface area contributed by atoms with E-state index in [-0.39, 0.29) is 28.7 Å². The molecule has 146 valence electrons. The maximum absolute atomic E-state index is 12.7. The van der Waals surface area contributed by atoms with E-state index in [1.54, 1.807) is 0 Å². The van der Waals surface area contributed by atoms with E-state index in [4.69, 9.17) is 4.74 Å². The fraction of sp³-hybridized carbons (Fsp3) is 0.278. The largest absolute Gasteiger partial charge is 0.493 e. The number of sulfonamides is 1. The van der Waals surface area contributed by atoms with E-state index in [1.807, 2.05) is 0 Å². The number of carbonyl (C=O) groups excluding carboxylic acids is 1. The Bertz CT molecular complexity index is 931.